The Labute approximate surface area is 126 Å². The maximum Gasteiger partial charge on any atom is 0.411 e. The number of alkyl halides is 3. The average molecular weight is 321 g/mol. The molecule has 0 aliphatic heterocycles. The number of halogens is 3. The van der Waals surface area contributed by atoms with Crippen LogP contribution >= 0.6 is 0 Å². The zero-order chi connectivity index (χ0) is 16.9. The van der Waals surface area contributed by atoms with E-state index in [4.69, 9.17) is 9.47 Å². The van der Waals surface area contributed by atoms with Crippen molar-refractivity contribution in [2.75, 3.05) is 26.1 Å². The topological polar surface area (TPSA) is 56.8 Å². The Bertz CT molecular complexity index is 532. The molecule has 0 unspecified atom stereocenters. The molecule has 0 saturated heterocycles. The van der Waals surface area contributed by atoms with Gasteiger partial charge in [0.2, 0.25) is 0 Å². The van der Waals surface area contributed by atoms with E-state index in [0.29, 0.717) is 22.7 Å². The van der Waals surface area contributed by atoms with Crippen molar-refractivity contribution in [2.24, 2.45) is 0 Å². The Morgan fingerprint density at radius 3 is 2.27 bits per heavy atom. The van der Waals surface area contributed by atoms with Crippen LogP contribution in [0.25, 0.3) is 0 Å². The number of hydrogen-bond acceptors (Lipinski definition) is 4. The largest absolute Gasteiger partial charge is 0.493 e. The van der Waals surface area contributed by atoms with Crippen LogP contribution in [0.2, 0.25) is 0 Å². The molecular weight excluding hydrogens is 303 g/mol. The first-order valence-electron chi connectivity index (χ1n) is 6.39. The SMILES string of the molecule is COc1cc(C)c(NC(=O)[C@H](C)OCC(F)(F)F)cc1OC. The maximum atomic E-state index is 12.1. The number of ether oxygens (including phenoxy) is 3. The number of benzene rings is 1. The van der Waals surface area contributed by atoms with Gasteiger partial charge in [0.1, 0.15) is 12.7 Å². The number of carbonyl (C=O) groups excluding carboxylic acids is 1. The van der Waals surface area contributed by atoms with Gasteiger partial charge in [0.25, 0.3) is 5.91 Å². The monoisotopic (exact) mass is 321 g/mol. The minimum atomic E-state index is -4.48. The van der Waals surface area contributed by atoms with Crippen molar-refractivity contribution in [2.45, 2.75) is 26.1 Å². The molecule has 1 aromatic carbocycles. The molecule has 0 saturated carbocycles. The van der Waals surface area contributed by atoms with Gasteiger partial charge in [-0.15, -0.1) is 0 Å². The lowest BCUT2D eigenvalue weighted by Crippen LogP contribution is -2.31. The highest BCUT2D eigenvalue weighted by Gasteiger charge is 2.30. The minimum Gasteiger partial charge on any atom is -0.493 e. The fourth-order valence-electron chi connectivity index (χ4n) is 1.64. The van der Waals surface area contributed by atoms with Gasteiger partial charge in [0, 0.05) is 11.8 Å². The summed E-state index contributed by atoms with van der Waals surface area (Å²) in [6, 6.07) is 3.18. The van der Waals surface area contributed by atoms with E-state index in [0.717, 1.165) is 0 Å². The first-order chi connectivity index (χ1) is 10.2. The van der Waals surface area contributed by atoms with Crippen molar-refractivity contribution in [1.29, 1.82) is 0 Å². The Morgan fingerprint density at radius 2 is 1.77 bits per heavy atom. The molecule has 1 amide bonds. The van der Waals surface area contributed by atoms with Gasteiger partial charge < -0.3 is 19.5 Å². The summed E-state index contributed by atoms with van der Waals surface area (Å²) in [5.41, 5.74) is 1.08. The minimum absolute atomic E-state index is 0.396. The lowest BCUT2D eigenvalue weighted by atomic mass is 10.1. The van der Waals surface area contributed by atoms with E-state index in [1.54, 1.807) is 13.0 Å². The molecule has 0 aliphatic carbocycles. The number of methoxy groups -OCH3 is 2. The molecule has 0 aromatic heterocycles. The average Bonchev–Trinajstić information content (AvgIpc) is 2.45. The molecular formula is C14H18F3NO4. The van der Waals surface area contributed by atoms with Crippen molar-refractivity contribution in [3.8, 4) is 11.5 Å². The van der Waals surface area contributed by atoms with Crippen LogP contribution in [-0.4, -0.2) is 39.0 Å². The molecule has 0 heterocycles. The fourth-order valence-corrected chi connectivity index (χ4v) is 1.64. The molecule has 0 radical (unpaired) electrons. The number of rotatable bonds is 6. The van der Waals surface area contributed by atoms with Crippen molar-refractivity contribution >= 4 is 11.6 Å². The maximum absolute atomic E-state index is 12.1. The first-order valence-corrected chi connectivity index (χ1v) is 6.39. The van der Waals surface area contributed by atoms with Gasteiger partial charge in [-0.3, -0.25) is 4.79 Å². The van der Waals surface area contributed by atoms with Gasteiger partial charge in [0.05, 0.1) is 14.2 Å². The number of anilines is 1. The number of hydrogen-bond donors (Lipinski definition) is 1. The van der Waals surface area contributed by atoms with Crippen molar-refractivity contribution in [3.05, 3.63) is 17.7 Å². The Hall–Kier alpha value is -1.96. The van der Waals surface area contributed by atoms with E-state index < -0.39 is 24.8 Å². The molecule has 1 aromatic rings. The number of nitrogens with one attached hydrogen (secondary N) is 1. The van der Waals surface area contributed by atoms with Gasteiger partial charge in [-0.25, -0.2) is 0 Å². The summed E-state index contributed by atoms with van der Waals surface area (Å²) in [4.78, 5) is 11.9. The highest BCUT2D eigenvalue weighted by Crippen LogP contribution is 2.33. The smallest absolute Gasteiger partial charge is 0.411 e. The summed E-state index contributed by atoms with van der Waals surface area (Å²) in [6.07, 6.45) is -5.72. The molecule has 22 heavy (non-hydrogen) atoms. The second-order valence-corrected chi connectivity index (χ2v) is 4.58. The zero-order valence-corrected chi connectivity index (χ0v) is 12.7. The summed E-state index contributed by atoms with van der Waals surface area (Å²) < 4.78 is 50.9. The second-order valence-electron chi connectivity index (χ2n) is 4.58. The lowest BCUT2D eigenvalue weighted by Gasteiger charge is -2.17. The summed E-state index contributed by atoms with van der Waals surface area (Å²) in [5, 5.41) is 2.51. The lowest BCUT2D eigenvalue weighted by molar-refractivity contribution is -0.184. The van der Waals surface area contributed by atoms with E-state index in [1.807, 2.05) is 0 Å². The molecule has 0 bridgehead atoms. The number of carbonyl (C=O) groups is 1. The summed E-state index contributed by atoms with van der Waals surface area (Å²) in [5.74, 6) is 0.200. The number of aryl methyl sites for hydroxylation is 1. The summed E-state index contributed by atoms with van der Waals surface area (Å²) in [7, 11) is 2.91. The Balaban J connectivity index is 2.79. The van der Waals surface area contributed by atoms with E-state index >= 15 is 0 Å². The Kier molecular flexibility index (Phi) is 6.04. The van der Waals surface area contributed by atoms with Gasteiger partial charge in [-0.2, -0.15) is 13.2 Å². The molecule has 0 fully saturated rings. The third-order valence-corrected chi connectivity index (χ3v) is 2.85. The van der Waals surface area contributed by atoms with Crippen LogP contribution < -0.4 is 14.8 Å². The van der Waals surface area contributed by atoms with E-state index in [-0.39, 0.29) is 0 Å². The van der Waals surface area contributed by atoms with Crippen LogP contribution in [-0.2, 0) is 9.53 Å². The van der Waals surface area contributed by atoms with Crippen LogP contribution in [0.4, 0.5) is 18.9 Å². The Morgan fingerprint density at radius 1 is 1.23 bits per heavy atom. The van der Waals surface area contributed by atoms with E-state index in [9.17, 15) is 18.0 Å². The first kappa shape index (κ1) is 18.1. The molecule has 124 valence electrons. The van der Waals surface area contributed by atoms with Crippen molar-refractivity contribution < 1.29 is 32.2 Å². The van der Waals surface area contributed by atoms with Crippen LogP contribution in [0.1, 0.15) is 12.5 Å². The molecule has 1 rings (SSSR count). The fraction of sp³-hybridized carbons (Fsp3) is 0.500. The molecule has 1 N–H and O–H groups in total. The summed E-state index contributed by atoms with van der Waals surface area (Å²) >= 11 is 0. The van der Waals surface area contributed by atoms with E-state index in [2.05, 4.69) is 10.1 Å². The predicted octanol–water partition coefficient (Wildman–Crippen LogP) is 2.92. The van der Waals surface area contributed by atoms with Crippen LogP contribution in [0, 0.1) is 6.92 Å². The molecule has 1 atom stereocenters. The third kappa shape index (κ3) is 5.10. The second kappa shape index (κ2) is 7.35. The molecule has 5 nitrogen and oxygen atoms in total. The highest BCUT2D eigenvalue weighted by atomic mass is 19.4. The normalized spacial score (nSPS) is 12.7. The molecule has 8 heteroatoms. The van der Waals surface area contributed by atoms with Crippen molar-refractivity contribution in [1.82, 2.24) is 0 Å². The van der Waals surface area contributed by atoms with Gasteiger partial charge in [-0.1, -0.05) is 0 Å². The van der Waals surface area contributed by atoms with Crippen molar-refractivity contribution in [3.63, 3.8) is 0 Å². The molecule has 0 spiro atoms. The standard InChI is InChI=1S/C14H18F3NO4/c1-8-5-11(20-3)12(21-4)6-10(8)18-13(19)9(2)22-7-14(15,16)17/h5-6,9H,7H2,1-4H3,(H,18,19)/t9-/m0/s1. The molecule has 0 aliphatic rings. The van der Waals surface area contributed by atoms with Crippen LogP contribution in [0.15, 0.2) is 12.1 Å². The quantitative estimate of drug-likeness (QED) is 0.875. The van der Waals surface area contributed by atoms with Gasteiger partial charge in [-0.05, 0) is 25.5 Å². The van der Waals surface area contributed by atoms with Gasteiger partial charge in [0.15, 0.2) is 11.5 Å². The predicted molar refractivity (Wildman–Crippen MR) is 74.4 cm³/mol. The third-order valence-electron chi connectivity index (χ3n) is 2.85. The van der Waals surface area contributed by atoms with Crippen LogP contribution in [0.3, 0.4) is 0 Å². The van der Waals surface area contributed by atoms with Gasteiger partial charge >= 0.3 is 6.18 Å². The van der Waals surface area contributed by atoms with E-state index in [1.165, 1.54) is 27.2 Å². The number of amides is 1. The van der Waals surface area contributed by atoms with Crippen LogP contribution in [0.5, 0.6) is 11.5 Å². The highest BCUT2D eigenvalue weighted by molar-refractivity contribution is 5.95. The summed E-state index contributed by atoms with van der Waals surface area (Å²) in [6.45, 7) is 1.49. The zero-order valence-electron chi connectivity index (χ0n) is 12.7.